The largest absolute Gasteiger partial charge is 0.573 e. The number of anilines is 1. The van der Waals surface area contributed by atoms with Crippen molar-refractivity contribution in [1.29, 1.82) is 0 Å². The van der Waals surface area contributed by atoms with Crippen molar-refractivity contribution >= 4 is 17.8 Å². The lowest BCUT2D eigenvalue weighted by atomic mass is 10.2. The summed E-state index contributed by atoms with van der Waals surface area (Å²) in [6.07, 6.45) is -3.49. The van der Waals surface area contributed by atoms with Gasteiger partial charge in [0.15, 0.2) is 0 Å². The van der Waals surface area contributed by atoms with Crippen LogP contribution in [0.25, 0.3) is 0 Å². The summed E-state index contributed by atoms with van der Waals surface area (Å²) in [5.41, 5.74) is 0.642. The predicted octanol–water partition coefficient (Wildman–Crippen LogP) is 2.77. The number of aromatic nitrogens is 2. The third kappa shape index (κ3) is 6.53. The smallest absolute Gasteiger partial charge is 0.481 e. The van der Waals surface area contributed by atoms with Crippen LogP contribution >= 0.6 is 0 Å². The molecule has 0 fully saturated rings. The number of carboxylic acid groups (broad SMARTS) is 1. The highest BCUT2D eigenvalue weighted by atomic mass is 19.4. The lowest BCUT2D eigenvalue weighted by Gasteiger charge is -2.17. The molecule has 2 amide bonds. The van der Waals surface area contributed by atoms with Crippen molar-refractivity contribution in [2.45, 2.75) is 19.3 Å². The van der Waals surface area contributed by atoms with Crippen molar-refractivity contribution in [2.24, 2.45) is 0 Å². The van der Waals surface area contributed by atoms with E-state index in [-0.39, 0.29) is 25.3 Å². The molecule has 2 aromatic rings. The Morgan fingerprint density at radius 2 is 1.93 bits per heavy atom. The van der Waals surface area contributed by atoms with Gasteiger partial charge in [0, 0.05) is 19.7 Å². The summed E-state index contributed by atoms with van der Waals surface area (Å²) < 4.78 is 41.8. The van der Waals surface area contributed by atoms with Crippen LogP contribution in [0.2, 0.25) is 0 Å². The normalized spacial score (nSPS) is 11.1. The molecule has 27 heavy (non-hydrogen) atoms. The maximum Gasteiger partial charge on any atom is 0.573 e. The zero-order valence-corrected chi connectivity index (χ0v) is 14.2. The van der Waals surface area contributed by atoms with Crippen LogP contribution in [0, 0.1) is 0 Å². The maximum absolute atomic E-state index is 12.2. The van der Waals surface area contributed by atoms with E-state index in [9.17, 15) is 22.8 Å². The molecule has 2 rings (SSSR count). The Labute approximate surface area is 152 Å². The van der Waals surface area contributed by atoms with Crippen LogP contribution in [0.1, 0.15) is 12.0 Å². The van der Waals surface area contributed by atoms with E-state index in [1.165, 1.54) is 47.1 Å². The molecule has 2 N–H and O–H groups in total. The first-order chi connectivity index (χ1) is 12.6. The summed E-state index contributed by atoms with van der Waals surface area (Å²) in [7, 11) is 1.46. The van der Waals surface area contributed by atoms with Gasteiger partial charge in [-0.1, -0.05) is 12.1 Å². The number of amides is 2. The van der Waals surface area contributed by atoms with Gasteiger partial charge in [0.2, 0.25) is 0 Å². The highest BCUT2D eigenvalue weighted by molar-refractivity contribution is 5.88. The van der Waals surface area contributed by atoms with Gasteiger partial charge >= 0.3 is 18.4 Å². The van der Waals surface area contributed by atoms with E-state index in [4.69, 9.17) is 5.11 Å². The van der Waals surface area contributed by atoms with E-state index in [0.717, 1.165) is 0 Å². The summed E-state index contributed by atoms with van der Waals surface area (Å²) in [4.78, 5) is 23.8. The standard InChI is InChI=1S/C16H17F3N4O4/c1-22(9-7-14(24)25)15(26)21-13-6-8-20-23(13)10-11-2-4-12(5-3-11)27-16(17,18)19/h2-6,8H,7,9-10H2,1H3,(H,21,26)(H,24,25). The number of carbonyl (C=O) groups is 2. The van der Waals surface area contributed by atoms with E-state index < -0.39 is 18.4 Å². The van der Waals surface area contributed by atoms with Crippen LogP contribution in [-0.4, -0.2) is 51.7 Å². The van der Waals surface area contributed by atoms with Gasteiger partial charge in [0.1, 0.15) is 11.6 Å². The SMILES string of the molecule is CN(CCC(=O)O)C(=O)Nc1ccnn1Cc1ccc(OC(F)(F)F)cc1. The number of nitrogens with zero attached hydrogens (tertiary/aromatic N) is 3. The number of alkyl halides is 3. The van der Waals surface area contributed by atoms with Crippen molar-refractivity contribution in [3.05, 3.63) is 42.1 Å². The molecule has 0 unspecified atom stereocenters. The maximum atomic E-state index is 12.2. The molecule has 0 saturated heterocycles. The van der Waals surface area contributed by atoms with Gasteiger partial charge in [-0.15, -0.1) is 13.2 Å². The van der Waals surface area contributed by atoms with Gasteiger partial charge in [0.05, 0.1) is 19.2 Å². The zero-order valence-electron chi connectivity index (χ0n) is 14.2. The molecule has 0 aliphatic carbocycles. The number of urea groups is 1. The van der Waals surface area contributed by atoms with Gasteiger partial charge in [-0.05, 0) is 17.7 Å². The fourth-order valence-corrected chi connectivity index (χ4v) is 2.10. The van der Waals surface area contributed by atoms with Crippen molar-refractivity contribution in [3.8, 4) is 5.75 Å². The van der Waals surface area contributed by atoms with Crippen molar-refractivity contribution in [2.75, 3.05) is 18.9 Å². The van der Waals surface area contributed by atoms with Crippen LogP contribution in [0.3, 0.4) is 0 Å². The first kappa shape index (κ1) is 20.1. The first-order valence-electron chi connectivity index (χ1n) is 7.74. The average Bonchev–Trinajstić information content (AvgIpc) is 2.99. The number of ether oxygens (including phenoxy) is 1. The summed E-state index contributed by atoms with van der Waals surface area (Å²) in [6, 6.07) is 6.31. The van der Waals surface area contributed by atoms with E-state index in [1.807, 2.05) is 0 Å². The monoisotopic (exact) mass is 386 g/mol. The van der Waals surface area contributed by atoms with Crippen molar-refractivity contribution in [1.82, 2.24) is 14.7 Å². The van der Waals surface area contributed by atoms with E-state index >= 15 is 0 Å². The van der Waals surface area contributed by atoms with Crippen LogP contribution < -0.4 is 10.1 Å². The number of benzene rings is 1. The Balaban J connectivity index is 1.98. The van der Waals surface area contributed by atoms with Gasteiger partial charge in [-0.25, -0.2) is 9.48 Å². The number of rotatable bonds is 7. The van der Waals surface area contributed by atoms with Crippen molar-refractivity contribution < 1.29 is 32.6 Å². The minimum Gasteiger partial charge on any atom is -0.481 e. The summed E-state index contributed by atoms with van der Waals surface area (Å²) in [5, 5.41) is 15.3. The summed E-state index contributed by atoms with van der Waals surface area (Å²) in [5.74, 6) is -0.990. The minimum absolute atomic E-state index is 0.0377. The van der Waals surface area contributed by atoms with Crippen LogP contribution in [0.5, 0.6) is 5.75 Å². The van der Waals surface area contributed by atoms with E-state index in [1.54, 1.807) is 6.07 Å². The molecule has 0 atom stereocenters. The summed E-state index contributed by atoms with van der Waals surface area (Å²) >= 11 is 0. The number of hydrogen-bond acceptors (Lipinski definition) is 4. The second-order valence-electron chi connectivity index (χ2n) is 5.56. The quantitative estimate of drug-likeness (QED) is 0.763. The average molecular weight is 386 g/mol. The van der Waals surface area contributed by atoms with Gasteiger partial charge < -0.3 is 14.7 Å². The van der Waals surface area contributed by atoms with Gasteiger partial charge in [0.25, 0.3) is 0 Å². The Bertz CT molecular complexity index is 790. The number of halogens is 3. The molecule has 0 saturated carbocycles. The minimum atomic E-state index is -4.76. The molecule has 0 radical (unpaired) electrons. The first-order valence-corrected chi connectivity index (χ1v) is 7.74. The van der Waals surface area contributed by atoms with Gasteiger partial charge in [-0.3, -0.25) is 10.1 Å². The fraction of sp³-hybridized carbons (Fsp3) is 0.312. The van der Waals surface area contributed by atoms with E-state index in [0.29, 0.717) is 11.4 Å². The molecular formula is C16H17F3N4O4. The molecule has 11 heteroatoms. The molecule has 0 bridgehead atoms. The van der Waals surface area contributed by atoms with E-state index in [2.05, 4.69) is 15.2 Å². The third-order valence-corrected chi connectivity index (χ3v) is 3.45. The predicted molar refractivity (Wildman–Crippen MR) is 88.4 cm³/mol. The molecule has 8 nitrogen and oxygen atoms in total. The summed E-state index contributed by atoms with van der Waals surface area (Å²) in [6.45, 7) is 0.240. The highest BCUT2D eigenvalue weighted by Crippen LogP contribution is 2.23. The number of hydrogen-bond donors (Lipinski definition) is 2. The second-order valence-corrected chi connectivity index (χ2v) is 5.56. The van der Waals surface area contributed by atoms with Crippen LogP contribution in [-0.2, 0) is 11.3 Å². The highest BCUT2D eigenvalue weighted by Gasteiger charge is 2.30. The molecule has 1 aromatic heterocycles. The molecular weight excluding hydrogens is 369 g/mol. The lowest BCUT2D eigenvalue weighted by Crippen LogP contribution is -2.33. The lowest BCUT2D eigenvalue weighted by molar-refractivity contribution is -0.274. The Kier molecular flexibility index (Phi) is 6.27. The topological polar surface area (TPSA) is 96.7 Å². The molecule has 0 spiro atoms. The molecule has 0 aliphatic heterocycles. The Hall–Kier alpha value is -3.24. The fourth-order valence-electron chi connectivity index (χ4n) is 2.10. The van der Waals surface area contributed by atoms with Gasteiger partial charge in [-0.2, -0.15) is 5.10 Å². The Morgan fingerprint density at radius 1 is 1.26 bits per heavy atom. The van der Waals surface area contributed by atoms with Crippen LogP contribution in [0.4, 0.5) is 23.8 Å². The molecule has 146 valence electrons. The van der Waals surface area contributed by atoms with Crippen molar-refractivity contribution in [3.63, 3.8) is 0 Å². The molecule has 1 aromatic carbocycles. The number of nitrogens with one attached hydrogen (secondary N) is 1. The third-order valence-electron chi connectivity index (χ3n) is 3.45. The number of aliphatic carboxylic acids is 1. The zero-order chi connectivity index (χ0) is 20.0. The van der Waals surface area contributed by atoms with Crippen LogP contribution in [0.15, 0.2) is 36.5 Å². The Morgan fingerprint density at radius 3 is 2.52 bits per heavy atom. The molecule has 0 aliphatic rings. The number of carbonyl (C=O) groups excluding carboxylic acids is 1. The second kappa shape index (κ2) is 8.43. The number of carboxylic acids is 1. The molecule has 1 heterocycles.